The predicted molar refractivity (Wildman–Crippen MR) is 54.9 cm³/mol. The molecule has 84 valence electrons. The zero-order valence-corrected chi connectivity index (χ0v) is 8.79. The third-order valence-electron chi connectivity index (χ3n) is 1.98. The highest BCUT2D eigenvalue weighted by Crippen LogP contribution is 2.18. The maximum absolute atomic E-state index is 11.2. The summed E-state index contributed by atoms with van der Waals surface area (Å²) >= 11 is 0. The Morgan fingerprint density at radius 3 is 2.80 bits per heavy atom. The van der Waals surface area contributed by atoms with E-state index in [1.54, 1.807) is 0 Å². The predicted octanol–water partition coefficient (Wildman–Crippen LogP) is -0.0686. The fraction of sp³-hybridized carbons (Fsp3) is 0.600. The molecule has 5 nitrogen and oxygen atoms in total. The fourth-order valence-electron chi connectivity index (χ4n) is 0.992. The van der Waals surface area contributed by atoms with Crippen LogP contribution in [0, 0.1) is 0 Å². The van der Waals surface area contributed by atoms with Crippen molar-refractivity contribution in [1.82, 2.24) is 10.6 Å². The van der Waals surface area contributed by atoms with E-state index >= 15 is 0 Å². The number of rotatable bonds is 6. The SMILES string of the molecule is COC(=O)/C=C/NCCC(=O)NC1CC1. The van der Waals surface area contributed by atoms with Crippen LogP contribution in [0.1, 0.15) is 19.3 Å². The molecule has 0 aliphatic heterocycles. The number of nitrogens with one attached hydrogen (secondary N) is 2. The van der Waals surface area contributed by atoms with Gasteiger partial charge in [-0.1, -0.05) is 0 Å². The second kappa shape index (κ2) is 6.06. The molecular weight excluding hydrogens is 196 g/mol. The summed E-state index contributed by atoms with van der Waals surface area (Å²) in [6, 6.07) is 0.406. The van der Waals surface area contributed by atoms with E-state index in [9.17, 15) is 9.59 Å². The summed E-state index contributed by atoms with van der Waals surface area (Å²) in [5.41, 5.74) is 0. The number of ether oxygens (including phenoxy) is 1. The van der Waals surface area contributed by atoms with Gasteiger partial charge in [0.15, 0.2) is 0 Å². The van der Waals surface area contributed by atoms with Crippen molar-refractivity contribution >= 4 is 11.9 Å². The molecular formula is C10H16N2O3. The molecule has 0 atom stereocenters. The lowest BCUT2D eigenvalue weighted by molar-refractivity contribution is -0.134. The van der Waals surface area contributed by atoms with Crippen LogP contribution < -0.4 is 10.6 Å². The Balaban J connectivity index is 1.97. The molecule has 1 amide bonds. The first-order valence-electron chi connectivity index (χ1n) is 4.99. The van der Waals surface area contributed by atoms with Crippen LogP contribution in [0.4, 0.5) is 0 Å². The van der Waals surface area contributed by atoms with Gasteiger partial charge in [0.1, 0.15) is 0 Å². The van der Waals surface area contributed by atoms with E-state index in [0.29, 0.717) is 19.0 Å². The van der Waals surface area contributed by atoms with Gasteiger partial charge in [0.05, 0.1) is 7.11 Å². The Labute approximate surface area is 88.9 Å². The normalized spacial score (nSPS) is 15.0. The standard InChI is InChI=1S/C10H16N2O3/c1-15-10(14)5-7-11-6-4-9(13)12-8-2-3-8/h5,7-8,11H,2-4,6H2,1H3,(H,12,13)/b7-5+. The van der Waals surface area contributed by atoms with Gasteiger partial charge >= 0.3 is 5.97 Å². The number of hydrogen-bond acceptors (Lipinski definition) is 4. The van der Waals surface area contributed by atoms with Gasteiger partial charge in [0, 0.05) is 31.3 Å². The first-order valence-corrected chi connectivity index (χ1v) is 4.99. The molecule has 1 saturated carbocycles. The van der Waals surface area contributed by atoms with E-state index < -0.39 is 5.97 Å². The Morgan fingerprint density at radius 1 is 1.47 bits per heavy atom. The third-order valence-corrected chi connectivity index (χ3v) is 1.98. The molecule has 0 heterocycles. The average molecular weight is 212 g/mol. The van der Waals surface area contributed by atoms with Crippen molar-refractivity contribution < 1.29 is 14.3 Å². The number of carbonyl (C=O) groups is 2. The maximum atomic E-state index is 11.2. The molecule has 0 aromatic carbocycles. The Bertz CT molecular complexity index is 259. The van der Waals surface area contributed by atoms with Crippen molar-refractivity contribution in [2.45, 2.75) is 25.3 Å². The molecule has 1 aliphatic rings. The Kier molecular flexibility index (Phi) is 4.66. The van der Waals surface area contributed by atoms with Gasteiger partial charge in [-0.2, -0.15) is 0 Å². The fourth-order valence-corrected chi connectivity index (χ4v) is 0.992. The summed E-state index contributed by atoms with van der Waals surface area (Å²) in [4.78, 5) is 21.8. The maximum Gasteiger partial charge on any atom is 0.331 e. The van der Waals surface area contributed by atoms with Gasteiger partial charge in [0.25, 0.3) is 0 Å². The first-order chi connectivity index (χ1) is 7.22. The van der Waals surface area contributed by atoms with E-state index in [4.69, 9.17) is 0 Å². The van der Waals surface area contributed by atoms with Crippen LogP contribution in [0.15, 0.2) is 12.3 Å². The highest BCUT2D eigenvalue weighted by molar-refractivity contribution is 5.81. The van der Waals surface area contributed by atoms with E-state index in [1.165, 1.54) is 19.4 Å². The largest absolute Gasteiger partial charge is 0.466 e. The van der Waals surface area contributed by atoms with E-state index in [1.807, 2.05) is 0 Å². The summed E-state index contributed by atoms with van der Waals surface area (Å²) in [7, 11) is 1.32. The zero-order chi connectivity index (χ0) is 11.1. The smallest absolute Gasteiger partial charge is 0.331 e. The van der Waals surface area contributed by atoms with E-state index in [0.717, 1.165) is 12.8 Å². The monoisotopic (exact) mass is 212 g/mol. The first kappa shape index (κ1) is 11.6. The Hall–Kier alpha value is -1.52. The molecule has 5 heteroatoms. The van der Waals surface area contributed by atoms with E-state index in [2.05, 4.69) is 15.4 Å². The lowest BCUT2D eigenvalue weighted by Gasteiger charge is -2.02. The van der Waals surface area contributed by atoms with Gasteiger partial charge in [-0.15, -0.1) is 0 Å². The van der Waals surface area contributed by atoms with Crippen molar-refractivity contribution in [2.75, 3.05) is 13.7 Å². The van der Waals surface area contributed by atoms with Crippen molar-refractivity contribution in [3.05, 3.63) is 12.3 Å². The van der Waals surface area contributed by atoms with Crippen molar-refractivity contribution in [2.24, 2.45) is 0 Å². The zero-order valence-electron chi connectivity index (χ0n) is 8.79. The number of hydrogen-bond donors (Lipinski definition) is 2. The van der Waals surface area contributed by atoms with Gasteiger partial charge in [-0.3, -0.25) is 4.79 Å². The minimum Gasteiger partial charge on any atom is -0.466 e. The van der Waals surface area contributed by atoms with Crippen LogP contribution in [-0.4, -0.2) is 31.6 Å². The molecule has 0 bridgehead atoms. The number of methoxy groups -OCH3 is 1. The van der Waals surface area contributed by atoms with Gasteiger partial charge in [-0.25, -0.2) is 4.79 Å². The number of esters is 1. The molecule has 1 aliphatic carbocycles. The summed E-state index contributed by atoms with van der Waals surface area (Å²) in [6.45, 7) is 0.520. The molecule has 1 rings (SSSR count). The van der Waals surface area contributed by atoms with Crippen LogP contribution in [-0.2, 0) is 14.3 Å². The third kappa shape index (κ3) is 5.72. The molecule has 0 saturated heterocycles. The van der Waals surface area contributed by atoms with E-state index in [-0.39, 0.29) is 5.91 Å². The molecule has 0 radical (unpaired) electrons. The molecule has 0 unspecified atom stereocenters. The summed E-state index contributed by atoms with van der Waals surface area (Å²) < 4.78 is 4.39. The number of amides is 1. The number of carbonyl (C=O) groups excluding carboxylic acids is 2. The quantitative estimate of drug-likeness (QED) is 0.367. The molecule has 0 spiro atoms. The summed E-state index contributed by atoms with van der Waals surface area (Å²) in [6.07, 6.45) is 5.37. The topological polar surface area (TPSA) is 67.4 Å². The minimum atomic E-state index is -0.412. The van der Waals surface area contributed by atoms with Crippen LogP contribution in [0.2, 0.25) is 0 Å². The summed E-state index contributed by atoms with van der Waals surface area (Å²) in [5, 5.41) is 5.70. The lowest BCUT2D eigenvalue weighted by atomic mass is 10.4. The molecule has 15 heavy (non-hydrogen) atoms. The second-order valence-electron chi connectivity index (χ2n) is 3.40. The van der Waals surface area contributed by atoms with Crippen LogP contribution in [0.5, 0.6) is 0 Å². The van der Waals surface area contributed by atoms with Crippen molar-refractivity contribution in [1.29, 1.82) is 0 Å². The highest BCUT2D eigenvalue weighted by Gasteiger charge is 2.22. The Morgan fingerprint density at radius 2 is 2.20 bits per heavy atom. The van der Waals surface area contributed by atoms with Crippen LogP contribution >= 0.6 is 0 Å². The lowest BCUT2D eigenvalue weighted by Crippen LogP contribution is -2.27. The molecule has 0 aromatic rings. The van der Waals surface area contributed by atoms with Gasteiger partial charge < -0.3 is 15.4 Å². The van der Waals surface area contributed by atoms with Crippen LogP contribution in [0.3, 0.4) is 0 Å². The van der Waals surface area contributed by atoms with Gasteiger partial charge in [0.2, 0.25) is 5.91 Å². The summed E-state index contributed by atoms with van der Waals surface area (Å²) in [5.74, 6) is -0.360. The molecule has 2 N–H and O–H groups in total. The van der Waals surface area contributed by atoms with Crippen molar-refractivity contribution in [3.8, 4) is 0 Å². The van der Waals surface area contributed by atoms with Crippen molar-refractivity contribution in [3.63, 3.8) is 0 Å². The molecule has 0 aromatic heterocycles. The highest BCUT2D eigenvalue weighted by atomic mass is 16.5. The second-order valence-corrected chi connectivity index (χ2v) is 3.40. The van der Waals surface area contributed by atoms with Gasteiger partial charge in [-0.05, 0) is 12.8 Å². The molecule has 1 fully saturated rings. The minimum absolute atomic E-state index is 0.0523. The van der Waals surface area contributed by atoms with Crippen LogP contribution in [0.25, 0.3) is 0 Å². The average Bonchev–Trinajstić information content (AvgIpc) is 3.00.